The smallest absolute Gasteiger partial charge is 0.271 e. The summed E-state index contributed by atoms with van der Waals surface area (Å²) >= 11 is 0. The van der Waals surface area contributed by atoms with Crippen molar-refractivity contribution in [2.45, 2.75) is 19.8 Å². The van der Waals surface area contributed by atoms with Crippen LogP contribution in [0.3, 0.4) is 0 Å². The number of hydrogen-bond acceptors (Lipinski definition) is 6. The molecule has 1 heterocycles. The van der Waals surface area contributed by atoms with E-state index in [1.54, 1.807) is 0 Å². The number of non-ortho nitro benzene ring substituents is 1. The molecular formula is C19H17N3O6. The Balaban J connectivity index is 1.85. The van der Waals surface area contributed by atoms with Crippen molar-refractivity contribution >= 4 is 29.1 Å². The first kappa shape index (κ1) is 19.0. The second kappa shape index (κ2) is 7.47. The van der Waals surface area contributed by atoms with Crippen LogP contribution >= 0.6 is 0 Å². The van der Waals surface area contributed by atoms with Gasteiger partial charge >= 0.3 is 0 Å². The highest BCUT2D eigenvalue weighted by Crippen LogP contribution is 2.29. The van der Waals surface area contributed by atoms with Crippen LogP contribution in [0.4, 0.5) is 11.4 Å². The van der Waals surface area contributed by atoms with Crippen LogP contribution in [-0.2, 0) is 0 Å². The molecule has 0 aliphatic carbocycles. The Labute approximate surface area is 159 Å². The number of carbonyl (C=O) groups excluding carboxylic acids is 3. The average Bonchev–Trinajstić information content (AvgIpc) is 2.91. The van der Waals surface area contributed by atoms with Crippen molar-refractivity contribution in [2.24, 2.45) is 0 Å². The summed E-state index contributed by atoms with van der Waals surface area (Å²) in [6, 6.07) is 7.34. The van der Waals surface area contributed by atoms with Gasteiger partial charge < -0.3 is 10.4 Å². The predicted octanol–water partition coefficient (Wildman–Crippen LogP) is 2.95. The molecule has 2 N–H and O–H groups in total. The monoisotopic (exact) mass is 383 g/mol. The maximum atomic E-state index is 12.5. The largest absolute Gasteiger partial charge is 0.506 e. The van der Waals surface area contributed by atoms with Crippen molar-refractivity contribution in [1.29, 1.82) is 0 Å². The van der Waals surface area contributed by atoms with E-state index in [2.05, 4.69) is 5.32 Å². The lowest BCUT2D eigenvalue weighted by molar-refractivity contribution is -0.384. The Kier molecular flexibility index (Phi) is 5.08. The van der Waals surface area contributed by atoms with E-state index in [4.69, 9.17) is 0 Å². The molecule has 144 valence electrons. The number of hydrogen-bond donors (Lipinski definition) is 2. The molecule has 1 aliphatic rings. The summed E-state index contributed by atoms with van der Waals surface area (Å²) in [5.74, 6) is -1.86. The van der Waals surface area contributed by atoms with E-state index in [1.807, 2.05) is 6.92 Å². The van der Waals surface area contributed by atoms with Crippen LogP contribution in [0.1, 0.15) is 50.8 Å². The van der Waals surface area contributed by atoms with Gasteiger partial charge in [-0.2, -0.15) is 0 Å². The summed E-state index contributed by atoms with van der Waals surface area (Å²) in [5.41, 5.74) is 0.0251. The number of carbonyl (C=O) groups is 3. The SMILES string of the molecule is CCCCN1C(=O)c2ccc(C(=O)Nc3cc([N+](=O)[O-])ccc3O)cc2C1=O. The highest BCUT2D eigenvalue weighted by atomic mass is 16.6. The van der Waals surface area contributed by atoms with Crippen LogP contribution in [0.15, 0.2) is 36.4 Å². The maximum Gasteiger partial charge on any atom is 0.271 e. The van der Waals surface area contributed by atoms with E-state index >= 15 is 0 Å². The molecule has 3 amide bonds. The molecule has 0 bridgehead atoms. The second-order valence-corrected chi connectivity index (χ2v) is 6.29. The van der Waals surface area contributed by atoms with Gasteiger partial charge in [-0.1, -0.05) is 13.3 Å². The number of fused-ring (bicyclic) bond motifs is 1. The molecule has 0 saturated heterocycles. The van der Waals surface area contributed by atoms with Gasteiger partial charge in [-0.25, -0.2) is 0 Å². The number of phenols is 1. The van der Waals surface area contributed by atoms with E-state index in [0.29, 0.717) is 13.0 Å². The van der Waals surface area contributed by atoms with Gasteiger partial charge in [-0.3, -0.25) is 29.4 Å². The van der Waals surface area contributed by atoms with E-state index in [9.17, 15) is 29.6 Å². The van der Waals surface area contributed by atoms with Crippen molar-refractivity contribution < 1.29 is 24.4 Å². The number of unbranched alkanes of at least 4 members (excludes halogenated alkanes) is 1. The Morgan fingerprint density at radius 2 is 1.86 bits per heavy atom. The van der Waals surface area contributed by atoms with Gasteiger partial charge in [0.05, 0.1) is 21.7 Å². The molecule has 0 unspecified atom stereocenters. The number of nitro benzene ring substituents is 1. The van der Waals surface area contributed by atoms with Crippen molar-refractivity contribution in [3.8, 4) is 5.75 Å². The number of amides is 3. The van der Waals surface area contributed by atoms with E-state index in [-0.39, 0.29) is 33.8 Å². The quantitative estimate of drug-likeness (QED) is 0.341. The van der Waals surface area contributed by atoms with Crippen molar-refractivity contribution in [3.05, 3.63) is 63.2 Å². The van der Waals surface area contributed by atoms with Gasteiger partial charge in [0, 0.05) is 24.2 Å². The number of imide groups is 1. The number of anilines is 1. The Morgan fingerprint density at radius 3 is 2.54 bits per heavy atom. The van der Waals surface area contributed by atoms with Crippen LogP contribution < -0.4 is 5.32 Å². The topological polar surface area (TPSA) is 130 Å². The van der Waals surface area contributed by atoms with Gasteiger partial charge in [-0.05, 0) is 30.7 Å². The summed E-state index contributed by atoms with van der Waals surface area (Å²) in [5, 5.41) is 23.1. The standard InChI is InChI=1S/C19H17N3O6/c1-2-3-8-21-18(25)13-6-4-11(9-14(13)19(21)26)17(24)20-15-10-12(22(27)28)5-7-16(15)23/h4-7,9-10,23H,2-3,8H2,1H3,(H,20,24). The number of aromatic hydroxyl groups is 1. The third kappa shape index (κ3) is 3.41. The minimum absolute atomic E-state index is 0.0862. The number of phenolic OH excluding ortho intramolecular Hbond substituents is 1. The summed E-state index contributed by atoms with van der Waals surface area (Å²) in [7, 11) is 0. The Bertz CT molecular complexity index is 1000. The van der Waals surface area contributed by atoms with Gasteiger partial charge in [-0.15, -0.1) is 0 Å². The average molecular weight is 383 g/mol. The second-order valence-electron chi connectivity index (χ2n) is 6.29. The van der Waals surface area contributed by atoms with Gasteiger partial charge in [0.2, 0.25) is 0 Å². The Hall–Kier alpha value is -3.75. The molecule has 0 radical (unpaired) electrons. The minimum Gasteiger partial charge on any atom is -0.506 e. The molecular weight excluding hydrogens is 366 g/mol. The fourth-order valence-corrected chi connectivity index (χ4v) is 2.88. The first-order valence-corrected chi connectivity index (χ1v) is 8.62. The van der Waals surface area contributed by atoms with Crippen LogP contribution in [-0.4, -0.2) is 39.2 Å². The number of rotatable bonds is 6. The van der Waals surface area contributed by atoms with Gasteiger partial charge in [0.25, 0.3) is 23.4 Å². The lowest BCUT2D eigenvalue weighted by atomic mass is 10.1. The molecule has 28 heavy (non-hydrogen) atoms. The van der Waals surface area contributed by atoms with Crippen molar-refractivity contribution in [2.75, 3.05) is 11.9 Å². The third-order valence-corrected chi connectivity index (χ3v) is 4.41. The Morgan fingerprint density at radius 1 is 1.14 bits per heavy atom. The number of nitrogens with one attached hydrogen (secondary N) is 1. The van der Waals surface area contributed by atoms with Crippen molar-refractivity contribution in [1.82, 2.24) is 4.90 Å². The van der Waals surface area contributed by atoms with Crippen LogP contribution in [0.2, 0.25) is 0 Å². The van der Waals surface area contributed by atoms with Gasteiger partial charge in [0.15, 0.2) is 0 Å². The maximum absolute atomic E-state index is 12.5. The fourth-order valence-electron chi connectivity index (χ4n) is 2.88. The summed E-state index contributed by atoms with van der Waals surface area (Å²) < 4.78 is 0. The first-order valence-electron chi connectivity index (χ1n) is 8.62. The molecule has 9 heteroatoms. The zero-order valence-electron chi connectivity index (χ0n) is 15.0. The number of benzene rings is 2. The predicted molar refractivity (Wildman–Crippen MR) is 99.4 cm³/mol. The lowest BCUT2D eigenvalue weighted by Crippen LogP contribution is -2.30. The molecule has 2 aromatic carbocycles. The molecule has 0 aromatic heterocycles. The number of nitrogens with zero attached hydrogens (tertiary/aromatic N) is 2. The molecule has 1 aliphatic heterocycles. The molecule has 0 spiro atoms. The zero-order valence-corrected chi connectivity index (χ0v) is 15.0. The molecule has 3 rings (SSSR count). The fraction of sp³-hybridized carbons (Fsp3) is 0.211. The number of nitro groups is 1. The van der Waals surface area contributed by atoms with E-state index in [0.717, 1.165) is 29.5 Å². The van der Waals surface area contributed by atoms with Crippen LogP contribution in [0.5, 0.6) is 5.75 Å². The molecule has 0 fully saturated rings. The van der Waals surface area contributed by atoms with E-state index in [1.165, 1.54) is 18.2 Å². The van der Waals surface area contributed by atoms with E-state index < -0.39 is 22.6 Å². The van der Waals surface area contributed by atoms with Crippen LogP contribution in [0, 0.1) is 10.1 Å². The summed E-state index contributed by atoms with van der Waals surface area (Å²) in [4.78, 5) is 48.7. The molecule has 2 aromatic rings. The lowest BCUT2D eigenvalue weighted by Gasteiger charge is -2.12. The third-order valence-electron chi connectivity index (χ3n) is 4.41. The highest BCUT2D eigenvalue weighted by molar-refractivity contribution is 6.22. The highest BCUT2D eigenvalue weighted by Gasteiger charge is 2.35. The zero-order chi connectivity index (χ0) is 20.4. The van der Waals surface area contributed by atoms with Crippen molar-refractivity contribution in [3.63, 3.8) is 0 Å². The van der Waals surface area contributed by atoms with Gasteiger partial charge in [0.1, 0.15) is 5.75 Å². The molecule has 0 saturated carbocycles. The molecule has 0 atom stereocenters. The summed E-state index contributed by atoms with van der Waals surface area (Å²) in [6.07, 6.45) is 1.51. The summed E-state index contributed by atoms with van der Waals surface area (Å²) in [6.45, 7) is 2.26. The van der Waals surface area contributed by atoms with Crippen LogP contribution in [0.25, 0.3) is 0 Å². The molecule has 9 nitrogen and oxygen atoms in total. The first-order chi connectivity index (χ1) is 13.3. The minimum atomic E-state index is -0.675. The normalized spacial score (nSPS) is 12.8.